The molecule has 1 amide bonds. The van der Waals surface area contributed by atoms with Crippen molar-refractivity contribution in [1.82, 2.24) is 10.3 Å². The second-order valence-corrected chi connectivity index (χ2v) is 8.94. The number of carbonyl (C=O) groups is 2. The van der Waals surface area contributed by atoms with Crippen LogP contribution in [-0.4, -0.2) is 28.5 Å². The maximum atomic E-state index is 13.9. The summed E-state index contributed by atoms with van der Waals surface area (Å²) < 4.78 is 63.4. The van der Waals surface area contributed by atoms with Gasteiger partial charge in [0.05, 0.1) is 11.1 Å². The Morgan fingerprint density at radius 1 is 1.00 bits per heavy atom. The highest BCUT2D eigenvalue weighted by atomic mass is 19.4. The summed E-state index contributed by atoms with van der Waals surface area (Å²) in [5.74, 6) is -1.82. The lowest BCUT2D eigenvalue weighted by Gasteiger charge is -2.22. The Labute approximate surface area is 205 Å². The molecule has 0 aliphatic carbocycles. The van der Waals surface area contributed by atoms with E-state index < -0.39 is 41.1 Å². The number of nitrogens with one attached hydrogen (secondary N) is 1. The Morgan fingerprint density at radius 3 is 2.25 bits per heavy atom. The first-order valence-electron chi connectivity index (χ1n) is 10.9. The molecule has 6 nitrogen and oxygen atoms in total. The van der Waals surface area contributed by atoms with Gasteiger partial charge in [-0.05, 0) is 75.7 Å². The summed E-state index contributed by atoms with van der Waals surface area (Å²) in [7, 11) is 0. The van der Waals surface area contributed by atoms with Crippen LogP contribution in [0.1, 0.15) is 43.6 Å². The first-order valence-corrected chi connectivity index (χ1v) is 10.9. The normalized spacial score (nSPS) is 12.6. The number of nitrogens with zero attached hydrogens (tertiary/aromatic N) is 1. The minimum absolute atomic E-state index is 0.0458. The van der Waals surface area contributed by atoms with Crippen molar-refractivity contribution < 1.29 is 36.6 Å². The van der Waals surface area contributed by atoms with E-state index in [1.54, 1.807) is 26.8 Å². The van der Waals surface area contributed by atoms with Crippen molar-refractivity contribution in [3.05, 3.63) is 77.7 Å². The van der Waals surface area contributed by atoms with E-state index in [2.05, 4.69) is 10.3 Å². The van der Waals surface area contributed by atoms with Crippen LogP contribution >= 0.6 is 0 Å². The first kappa shape index (κ1) is 26.7. The molecule has 36 heavy (non-hydrogen) atoms. The molecule has 3 aromatic rings. The van der Waals surface area contributed by atoms with Crippen LogP contribution in [0.5, 0.6) is 11.6 Å². The molecule has 190 valence electrons. The monoisotopic (exact) mass is 504 g/mol. The maximum Gasteiger partial charge on any atom is 0.416 e. The minimum atomic E-state index is -4.51. The van der Waals surface area contributed by atoms with Gasteiger partial charge in [-0.2, -0.15) is 13.2 Å². The van der Waals surface area contributed by atoms with Gasteiger partial charge in [-0.15, -0.1) is 0 Å². The topological polar surface area (TPSA) is 77.5 Å². The van der Waals surface area contributed by atoms with Crippen LogP contribution in [-0.2, 0) is 15.7 Å². The van der Waals surface area contributed by atoms with E-state index in [4.69, 9.17) is 9.47 Å². The third kappa shape index (κ3) is 7.03. The van der Waals surface area contributed by atoms with Crippen molar-refractivity contribution in [1.29, 1.82) is 0 Å². The predicted molar refractivity (Wildman–Crippen MR) is 124 cm³/mol. The van der Waals surface area contributed by atoms with Crippen molar-refractivity contribution in [3.63, 3.8) is 0 Å². The van der Waals surface area contributed by atoms with E-state index >= 15 is 0 Å². The number of amides is 1. The van der Waals surface area contributed by atoms with E-state index in [1.807, 2.05) is 0 Å². The van der Waals surface area contributed by atoms with Crippen LogP contribution < -0.4 is 10.1 Å². The third-order valence-electron chi connectivity index (χ3n) is 4.75. The summed E-state index contributed by atoms with van der Waals surface area (Å²) in [6.45, 7) is 6.56. The van der Waals surface area contributed by atoms with Gasteiger partial charge in [0.2, 0.25) is 5.88 Å². The fraction of sp³-hybridized carbons (Fsp3) is 0.269. The molecule has 0 aliphatic heterocycles. The Morgan fingerprint density at radius 2 is 1.67 bits per heavy atom. The van der Waals surface area contributed by atoms with Gasteiger partial charge in [-0.25, -0.2) is 14.2 Å². The maximum absolute atomic E-state index is 13.9. The number of rotatable bonds is 6. The molecule has 2 aromatic carbocycles. The van der Waals surface area contributed by atoms with E-state index in [1.165, 1.54) is 37.4 Å². The lowest BCUT2D eigenvalue weighted by molar-refractivity contribution is -0.156. The lowest BCUT2D eigenvalue weighted by atomic mass is 10.0. The molecular weight excluding hydrogens is 480 g/mol. The zero-order valence-corrected chi connectivity index (χ0v) is 19.9. The van der Waals surface area contributed by atoms with E-state index in [9.17, 15) is 27.2 Å². The Bertz CT molecular complexity index is 1250. The molecule has 0 fully saturated rings. The van der Waals surface area contributed by atoms with Gasteiger partial charge in [0, 0.05) is 11.8 Å². The summed E-state index contributed by atoms with van der Waals surface area (Å²) in [6.07, 6.45) is -3.33. The molecule has 0 radical (unpaired) electrons. The summed E-state index contributed by atoms with van der Waals surface area (Å²) in [5, 5.41) is 2.52. The molecule has 3 rings (SSSR count). The summed E-state index contributed by atoms with van der Waals surface area (Å²) in [6, 6.07) is 9.83. The second kappa shape index (κ2) is 10.3. The highest BCUT2D eigenvalue weighted by molar-refractivity contribution is 5.97. The highest BCUT2D eigenvalue weighted by Gasteiger charge is 2.30. The fourth-order valence-corrected chi connectivity index (χ4v) is 3.07. The number of hydrogen-bond acceptors (Lipinski definition) is 5. The Balaban J connectivity index is 1.91. The van der Waals surface area contributed by atoms with Crippen LogP contribution in [0, 0.1) is 5.82 Å². The fourth-order valence-electron chi connectivity index (χ4n) is 3.07. The number of aromatic nitrogens is 1. The predicted octanol–water partition coefficient (Wildman–Crippen LogP) is 6.16. The zero-order valence-electron chi connectivity index (χ0n) is 19.9. The van der Waals surface area contributed by atoms with E-state index in [0.717, 1.165) is 24.3 Å². The van der Waals surface area contributed by atoms with Crippen molar-refractivity contribution in [2.75, 3.05) is 0 Å². The molecule has 0 saturated carbocycles. The molecule has 1 N–H and O–H groups in total. The van der Waals surface area contributed by atoms with Crippen LogP contribution in [0.3, 0.4) is 0 Å². The lowest BCUT2D eigenvalue weighted by Crippen LogP contribution is -2.42. The minimum Gasteiger partial charge on any atom is -0.458 e. The molecule has 0 saturated heterocycles. The zero-order chi connectivity index (χ0) is 26.7. The van der Waals surface area contributed by atoms with Crippen molar-refractivity contribution >= 4 is 11.9 Å². The number of benzene rings is 2. The quantitative estimate of drug-likeness (QED) is 0.321. The molecule has 1 heterocycles. The molecular formula is C26H24F4N2O4. The number of esters is 1. The number of pyridine rings is 1. The molecule has 0 bridgehead atoms. The van der Waals surface area contributed by atoms with Crippen LogP contribution in [0.4, 0.5) is 17.6 Å². The largest absolute Gasteiger partial charge is 0.458 e. The highest BCUT2D eigenvalue weighted by Crippen LogP contribution is 2.35. The van der Waals surface area contributed by atoms with Crippen LogP contribution in [0.2, 0.25) is 0 Å². The van der Waals surface area contributed by atoms with Crippen molar-refractivity contribution in [2.45, 2.75) is 45.5 Å². The average Bonchev–Trinajstić information content (AvgIpc) is 2.78. The van der Waals surface area contributed by atoms with Crippen molar-refractivity contribution in [3.8, 4) is 22.8 Å². The van der Waals surface area contributed by atoms with Gasteiger partial charge in [0.25, 0.3) is 5.91 Å². The van der Waals surface area contributed by atoms with Crippen LogP contribution in [0.15, 0.2) is 60.8 Å². The number of carbonyl (C=O) groups excluding carboxylic acids is 2. The SMILES string of the molecule is C[C@@H](NC(=O)c1cnc(Oc2ccc(C(F)(F)F)cc2)c(-c2cccc(F)c2)c1)C(=O)OC(C)(C)C. The summed E-state index contributed by atoms with van der Waals surface area (Å²) in [5.41, 5.74) is -1.01. The summed E-state index contributed by atoms with van der Waals surface area (Å²) >= 11 is 0. The molecule has 0 unspecified atom stereocenters. The van der Waals surface area contributed by atoms with Gasteiger partial charge in [-0.1, -0.05) is 12.1 Å². The first-order chi connectivity index (χ1) is 16.7. The molecule has 1 atom stereocenters. The van der Waals surface area contributed by atoms with Crippen LogP contribution in [0.25, 0.3) is 11.1 Å². The smallest absolute Gasteiger partial charge is 0.416 e. The Kier molecular flexibility index (Phi) is 7.66. The number of ether oxygens (including phenoxy) is 2. The average molecular weight is 504 g/mol. The van der Waals surface area contributed by atoms with Gasteiger partial charge in [0.1, 0.15) is 23.2 Å². The van der Waals surface area contributed by atoms with Gasteiger partial charge >= 0.3 is 12.1 Å². The molecule has 10 heteroatoms. The number of alkyl halides is 3. The second-order valence-electron chi connectivity index (χ2n) is 8.94. The summed E-state index contributed by atoms with van der Waals surface area (Å²) in [4.78, 5) is 29.1. The molecule has 0 spiro atoms. The standard InChI is InChI=1S/C26H24F4N2O4/c1-15(24(34)36-25(2,3)4)32-22(33)17-13-21(16-6-5-7-19(27)12-16)23(31-14-17)35-20-10-8-18(9-11-20)26(28,29)30/h5-15H,1-4H3,(H,32,33)/t15-/m1/s1. The third-order valence-corrected chi connectivity index (χ3v) is 4.75. The van der Waals surface area contributed by atoms with E-state index in [0.29, 0.717) is 5.56 Å². The number of halogens is 4. The molecule has 0 aliphatic rings. The van der Waals surface area contributed by atoms with Gasteiger partial charge < -0.3 is 14.8 Å². The van der Waals surface area contributed by atoms with Gasteiger partial charge in [0.15, 0.2) is 0 Å². The molecule has 1 aromatic heterocycles. The van der Waals surface area contributed by atoms with E-state index in [-0.39, 0.29) is 22.8 Å². The van der Waals surface area contributed by atoms with Gasteiger partial charge in [-0.3, -0.25) is 4.79 Å². The number of hydrogen-bond donors (Lipinski definition) is 1. The van der Waals surface area contributed by atoms with Crippen molar-refractivity contribution in [2.24, 2.45) is 0 Å². The Hall–Kier alpha value is -3.95.